The lowest BCUT2D eigenvalue weighted by molar-refractivity contribution is -0.144. The van der Waals surface area contributed by atoms with E-state index in [2.05, 4.69) is 10.6 Å². The number of carboxylic acids is 1. The number of hydrogen-bond acceptors (Lipinski definition) is 5. The first kappa shape index (κ1) is 22.9. The summed E-state index contributed by atoms with van der Waals surface area (Å²) in [5.41, 5.74) is 5.74. The Morgan fingerprint density at radius 3 is 2.33 bits per heavy atom. The molecule has 27 heavy (non-hydrogen) atoms. The van der Waals surface area contributed by atoms with Crippen LogP contribution in [0.25, 0.3) is 0 Å². The molecule has 1 saturated heterocycles. The molecule has 1 heterocycles. The highest BCUT2D eigenvalue weighted by Gasteiger charge is 2.36. The summed E-state index contributed by atoms with van der Waals surface area (Å²) in [6.45, 7) is 7.52. The van der Waals surface area contributed by atoms with E-state index in [0.717, 1.165) is 0 Å². The van der Waals surface area contributed by atoms with E-state index in [-0.39, 0.29) is 24.3 Å². The Hall–Kier alpha value is -2.16. The molecule has 0 aromatic heterocycles. The van der Waals surface area contributed by atoms with Gasteiger partial charge in [-0.05, 0) is 31.1 Å². The van der Waals surface area contributed by atoms with E-state index in [1.54, 1.807) is 0 Å². The molecule has 0 bridgehead atoms. The van der Waals surface area contributed by atoms with Gasteiger partial charge in [0.1, 0.15) is 12.1 Å². The van der Waals surface area contributed by atoms with Crippen LogP contribution in [0.4, 0.5) is 0 Å². The zero-order valence-electron chi connectivity index (χ0n) is 16.5. The lowest BCUT2D eigenvalue weighted by Gasteiger charge is -2.26. The predicted octanol–water partition coefficient (Wildman–Crippen LogP) is -0.308. The third-order valence-corrected chi connectivity index (χ3v) is 4.63. The summed E-state index contributed by atoms with van der Waals surface area (Å²) >= 11 is 0. The Balaban J connectivity index is 2.65. The maximum Gasteiger partial charge on any atom is 0.326 e. The second kappa shape index (κ2) is 10.2. The van der Waals surface area contributed by atoms with Crippen molar-refractivity contribution in [2.75, 3.05) is 13.1 Å². The first-order valence-corrected chi connectivity index (χ1v) is 9.40. The van der Waals surface area contributed by atoms with Crippen molar-refractivity contribution in [3.8, 4) is 0 Å². The zero-order chi connectivity index (χ0) is 20.7. The Labute approximate surface area is 160 Å². The van der Waals surface area contributed by atoms with Gasteiger partial charge in [0.2, 0.25) is 17.7 Å². The van der Waals surface area contributed by atoms with Gasteiger partial charge in [0, 0.05) is 6.54 Å². The van der Waals surface area contributed by atoms with Crippen LogP contribution < -0.4 is 16.4 Å². The molecule has 0 saturated carbocycles. The van der Waals surface area contributed by atoms with Crippen molar-refractivity contribution < 1.29 is 24.3 Å². The molecule has 0 aliphatic carbocycles. The van der Waals surface area contributed by atoms with Crippen LogP contribution in [0.15, 0.2) is 0 Å². The molecular formula is C18H32N4O5. The molecule has 9 nitrogen and oxygen atoms in total. The van der Waals surface area contributed by atoms with Gasteiger partial charge in [0.05, 0.1) is 12.6 Å². The van der Waals surface area contributed by atoms with Gasteiger partial charge < -0.3 is 26.4 Å². The number of rotatable bonds is 9. The Morgan fingerprint density at radius 1 is 1.19 bits per heavy atom. The number of nitrogens with one attached hydrogen (secondary N) is 2. The maximum atomic E-state index is 12.5. The molecule has 1 aliphatic rings. The molecule has 3 amide bonds. The van der Waals surface area contributed by atoms with E-state index in [4.69, 9.17) is 5.73 Å². The number of carbonyl (C=O) groups is 4. The molecule has 0 spiro atoms. The summed E-state index contributed by atoms with van der Waals surface area (Å²) in [7, 11) is 0. The number of hydrogen-bond donors (Lipinski definition) is 4. The number of nitrogens with zero attached hydrogens (tertiary/aromatic N) is 1. The van der Waals surface area contributed by atoms with Gasteiger partial charge in [-0.3, -0.25) is 14.4 Å². The average Bonchev–Trinajstić information content (AvgIpc) is 3.07. The van der Waals surface area contributed by atoms with E-state index in [1.165, 1.54) is 4.90 Å². The number of likely N-dealkylation sites (tertiary alicyclic amines) is 1. The van der Waals surface area contributed by atoms with Crippen molar-refractivity contribution in [2.45, 2.75) is 65.1 Å². The van der Waals surface area contributed by atoms with Gasteiger partial charge in [0.15, 0.2) is 0 Å². The molecule has 5 N–H and O–H groups in total. The van der Waals surface area contributed by atoms with E-state index < -0.39 is 35.9 Å². The topological polar surface area (TPSA) is 142 Å². The van der Waals surface area contributed by atoms with E-state index >= 15 is 0 Å². The smallest absolute Gasteiger partial charge is 0.326 e. The monoisotopic (exact) mass is 384 g/mol. The van der Waals surface area contributed by atoms with Gasteiger partial charge in [0.25, 0.3) is 0 Å². The van der Waals surface area contributed by atoms with Crippen molar-refractivity contribution in [1.82, 2.24) is 15.5 Å². The first-order chi connectivity index (χ1) is 12.5. The fourth-order valence-corrected chi connectivity index (χ4v) is 2.98. The molecule has 154 valence electrons. The molecule has 3 unspecified atom stereocenters. The molecule has 3 atom stereocenters. The molecule has 9 heteroatoms. The summed E-state index contributed by atoms with van der Waals surface area (Å²) < 4.78 is 0. The van der Waals surface area contributed by atoms with Crippen LogP contribution in [-0.2, 0) is 19.2 Å². The third-order valence-electron chi connectivity index (χ3n) is 4.63. The van der Waals surface area contributed by atoms with Gasteiger partial charge in [-0.1, -0.05) is 27.7 Å². The highest BCUT2D eigenvalue weighted by atomic mass is 16.4. The maximum absolute atomic E-state index is 12.5. The van der Waals surface area contributed by atoms with Gasteiger partial charge in [-0.15, -0.1) is 0 Å². The fourth-order valence-electron chi connectivity index (χ4n) is 2.98. The minimum atomic E-state index is -1.09. The number of amides is 3. The van der Waals surface area contributed by atoms with Crippen LogP contribution in [0.2, 0.25) is 0 Å². The molecule has 0 aromatic carbocycles. The molecule has 1 aliphatic heterocycles. The number of carboxylic acid groups (broad SMARTS) is 1. The number of aliphatic carboxylic acids is 1. The summed E-state index contributed by atoms with van der Waals surface area (Å²) in [6.07, 6.45) is 1.42. The fraction of sp³-hybridized carbons (Fsp3) is 0.778. The first-order valence-electron chi connectivity index (χ1n) is 9.40. The van der Waals surface area contributed by atoms with Crippen LogP contribution in [0.5, 0.6) is 0 Å². The van der Waals surface area contributed by atoms with Crippen LogP contribution in [-0.4, -0.2) is 64.9 Å². The summed E-state index contributed by atoms with van der Waals surface area (Å²) in [4.78, 5) is 49.6. The minimum Gasteiger partial charge on any atom is -0.480 e. The molecule has 0 aromatic rings. The van der Waals surface area contributed by atoms with Gasteiger partial charge in [-0.25, -0.2) is 4.79 Å². The molecule has 0 radical (unpaired) electrons. The van der Waals surface area contributed by atoms with Crippen LogP contribution in [0.1, 0.15) is 47.0 Å². The van der Waals surface area contributed by atoms with Crippen molar-refractivity contribution >= 4 is 23.7 Å². The average molecular weight is 384 g/mol. The predicted molar refractivity (Wildman–Crippen MR) is 99.6 cm³/mol. The Kier molecular flexibility index (Phi) is 8.68. The minimum absolute atomic E-state index is 0.0562. The van der Waals surface area contributed by atoms with E-state index in [1.807, 2.05) is 27.7 Å². The quantitative estimate of drug-likeness (QED) is 0.430. The van der Waals surface area contributed by atoms with Crippen molar-refractivity contribution in [2.24, 2.45) is 17.6 Å². The second-order valence-corrected chi connectivity index (χ2v) is 7.76. The second-order valence-electron chi connectivity index (χ2n) is 7.76. The largest absolute Gasteiger partial charge is 0.480 e. The van der Waals surface area contributed by atoms with Crippen LogP contribution in [0.3, 0.4) is 0 Å². The normalized spacial score (nSPS) is 19.1. The van der Waals surface area contributed by atoms with E-state index in [9.17, 15) is 24.3 Å². The third kappa shape index (κ3) is 6.82. The summed E-state index contributed by atoms with van der Waals surface area (Å²) in [5.74, 6) is -2.32. The zero-order valence-corrected chi connectivity index (χ0v) is 16.5. The van der Waals surface area contributed by atoms with Gasteiger partial charge >= 0.3 is 5.97 Å². The summed E-state index contributed by atoms with van der Waals surface area (Å²) in [5, 5.41) is 14.3. The highest BCUT2D eigenvalue weighted by Crippen LogP contribution is 2.18. The van der Waals surface area contributed by atoms with Crippen molar-refractivity contribution in [3.63, 3.8) is 0 Å². The SMILES string of the molecule is CC(C)CC(NC(=O)C1CCCN1C(=O)CNC(=O)C(N)C(C)C)C(=O)O. The van der Waals surface area contributed by atoms with E-state index in [0.29, 0.717) is 25.8 Å². The lowest BCUT2D eigenvalue weighted by Crippen LogP contribution is -2.53. The molecule has 1 rings (SSSR count). The Morgan fingerprint density at radius 2 is 1.81 bits per heavy atom. The Bertz CT molecular complexity index is 564. The van der Waals surface area contributed by atoms with Crippen molar-refractivity contribution in [1.29, 1.82) is 0 Å². The summed E-state index contributed by atoms with van der Waals surface area (Å²) in [6, 6.07) is -2.41. The van der Waals surface area contributed by atoms with Gasteiger partial charge in [-0.2, -0.15) is 0 Å². The number of carbonyl (C=O) groups excluding carboxylic acids is 3. The number of nitrogens with two attached hydrogens (primary N) is 1. The standard InChI is InChI=1S/C18H32N4O5/c1-10(2)8-12(18(26)27)21-16(24)13-6-5-7-22(13)14(23)9-20-17(25)15(19)11(3)4/h10-13,15H,5-9,19H2,1-4H3,(H,20,25)(H,21,24)(H,26,27). The van der Waals surface area contributed by atoms with Crippen LogP contribution in [0, 0.1) is 11.8 Å². The molecular weight excluding hydrogens is 352 g/mol. The molecule has 1 fully saturated rings. The highest BCUT2D eigenvalue weighted by molar-refractivity contribution is 5.93. The lowest BCUT2D eigenvalue weighted by atomic mass is 10.0. The van der Waals surface area contributed by atoms with Crippen LogP contribution >= 0.6 is 0 Å². The van der Waals surface area contributed by atoms with Crippen molar-refractivity contribution in [3.05, 3.63) is 0 Å².